The van der Waals surface area contributed by atoms with Crippen molar-refractivity contribution in [1.29, 1.82) is 5.26 Å². The number of pyridine rings is 1. The third-order valence-corrected chi connectivity index (χ3v) is 4.94. The number of amides is 1. The predicted molar refractivity (Wildman–Crippen MR) is 132 cm³/mol. The minimum absolute atomic E-state index is 0.159. The molecule has 0 saturated heterocycles. The molecule has 2 heterocycles. The van der Waals surface area contributed by atoms with Crippen LogP contribution in [-0.2, 0) is 9.53 Å². The molecular formula is C26H22N6O4. The number of nitriles is 1. The number of hydrogen-bond donors (Lipinski definition) is 2. The lowest BCUT2D eigenvalue weighted by Crippen LogP contribution is -2.23. The van der Waals surface area contributed by atoms with Crippen molar-refractivity contribution in [3.05, 3.63) is 90.3 Å². The van der Waals surface area contributed by atoms with Crippen molar-refractivity contribution in [2.45, 2.75) is 6.92 Å². The number of nitrogens with zero attached hydrogens (tertiary/aromatic N) is 4. The van der Waals surface area contributed by atoms with Gasteiger partial charge in [-0.1, -0.05) is 18.2 Å². The third-order valence-electron chi connectivity index (χ3n) is 4.94. The fourth-order valence-electron chi connectivity index (χ4n) is 3.30. The van der Waals surface area contributed by atoms with E-state index >= 15 is 0 Å². The fourth-order valence-corrected chi connectivity index (χ4v) is 3.30. The van der Waals surface area contributed by atoms with Crippen molar-refractivity contribution >= 4 is 29.2 Å². The van der Waals surface area contributed by atoms with Gasteiger partial charge in [-0.3, -0.25) is 4.79 Å². The zero-order chi connectivity index (χ0) is 25.3. The van der Waals surface area contributed by atoms with E-state index in [1.165, 1.54) is 17.1 Å². The number of ether oxygens (including phenoxy) is 2. The second kappa shape index (κ2) is 11.3. The van der Waals surface area contributed by atoms with Gasteiger partial charge in [0.1, 0.15) is 28.8 Å². The highest BCUT2D eigenvalue weighted by molar-refractivity contribution is 5.98. The molecule has 2 N–H and O–H groups in total. The molecular weight excluding hydrogens is 460 g/mol. The molecule has 10 nitrogen and oxygen atoms in total. The molecule has 0 bridgehead atoms. The monoisotopic (exact) mass is 482 g/mol. The zero-order valence-electron chi connectivity index (χ0n) is 19.3. The first kappa shape index (κ1) is 24.0. The summed E-state index contributed by atoms with van der Waals surface area (Å²) >= 11 is 0. The second-order valence-electron chi connectivity index (χ2n) is 7.37. The Kier molecular flexibility index (Phi) is 7.53. The standard InChI is InChI=1S/C26H22N6O4/c1-2-35-21-12-10-19(11-13-21)30-24-22(9-6-14-28-24)26(34)36-17-23(33)31-25-18(15-27)16-29-32(25)20-7-4-3-5-8-20/h3-14,16H,2,17H2,1H3,(H,28,30)(H,31,33). The molecule has 0 saturated carbocycles. The van der Waals surface area contributed by atoms with E-state index in [-0.39, 0.29) is 22.8 Å². The van der Waals surface area contributed by atoms with Gasteiger partial charge in [0.15, 0.2) is 12.4 Å². The number of nitrogens with one attached hydrogen (secondary N) is 2. The van der Waals surface area contributed by atoms with Crippen molar-refractivity contribution in [3.8, 4) is 17.5 Å². The van der Waals surface area contributed by atoms with Gasteiger partial charge < -0.3 is 20.1 Å². The summed E-state index contributed by atoms with van der Waals surface area (Å²) in [4.78, 5) is 29.5. The lowest BCUT2D eigenvalue weighted by molar-refractivity contribution is -0.119. The first-order chi connectivity index (χ1) is 17.6. The van der Waals surface area contributed by atoms with Crippen LogP contribution in [-0.4, -0.2) is 39.9 Å². The van der Waals surface area contributed by atoms with Gasteiger partial charge in [-0.25, -0.2) is 14.5 Å². The molecule has 0 spiro atoms. The Balaban J connectivity index is 1.42. The SMILES string of the molecule is CCOc1ccc(Nc2ncccc2C(=O)OCC(=O)Nc2c(C#N)cnn2-c2ccccc2)cc1. The number of hydrogen-bond acceptors (Lipinski definition) is 8. The van der Waals surface area contributed by atoms with Gasteiger partial charge in [0.2, 0.25) is 0 Å². The second-order valence-corrected chi connectivity index (χ2v) is 7.37. The van der Waals surface area contributed by atoms with E-state index in [4.69, 9.17) is 9.47 Å². The fraction of sp³-hybridized carbons (Fsp3) is 0.115. The minimum atomic E-state index is -0.733. The van der Waals surface area contributed by atoms with Crippen LogP contribution in [0.3, 0.4) is 0 Å². The van der Waals surface area contributed by atoms with E-state index in [9.17, 15) is 14.9 Å². The summed E-state index contributed by atoms with van der Waals surface area (Å²) < 4.78 is 12.1. The van der Waals surface area contributed by atoms with E-state index in [1.54, 1.807) is 48.5 Å². The summed E-state index contributed by atoms with van der Waals surface area (Å²) in [6.45, 7) is 1.89. The van der Waals surface area contributed by atoms with Crippen molar-refractivity contribution in [2.24, 2.45) is 0 Å². The van der Waals surface area contributed by atoms with Gasteiger partial charge >= 0.3 is 5.97 Å². The van der Waals surface area contributed by atoms with Crippen LogP contribution in [0.4, 0.5) is 17.3 Å². The van der Waals surface area contributed by atoms with E-state index in [1.807, 2.05) is 31.2 Å². The molecule has 0 atom stereocenters. The van der Waals surface area contributed by atoms with Crippen molar-refractivity contribution in [2.75, 3.05) is 23.8 Å². The van der Waals surface area contributed by atoms with Gasteiger partial charge in [-0.15, -0.1) is 0 Å². The van der Waals surface area contributed by atoms with Crippen LogP contribution >= 0.6 is 0 Å². The lowest BCUT2D eigenvalue weighted by atomic mass is 10.2. The minimum Gasteiger partial charge on any atom is -0.494 e. The maximum Gasteiger partial charge on any atom is 0.342 e. The van der Waals surface area contributed by atoms with Crippen molar-refractivity contribution < 1.29 is 19.1 Å². The topological polar surface area (TPSA) is 131 Å². The first-order valence-electron chi connectivity index (χ1n) is 11.0. The molecule has 0 aliphatic heterocycles. The summed E-state index contributed by atoms with van der Waals surface area (Å²) in [5, 5.41) is 19.2. The van der Waals surface area contributed by atoms with Crippen LogP contribution in [0.2, 0.25) is 0 Å². The van der Waals surface area contributed by atoms with Gasteiger partial charge in [-0.05, 0) is 55.5 Å². The quantitative estimate of drug-likeness (QED) is 0.341. The number of esters is 1. The van der Waals surface area contributed by atoms with Crippen LogP contribution in [0.5, 0.6) is 5.75 Å². The molecule has 0 aliphatic carbocycles. The average molecular weight is 483 g/mol. The smallest absolute Gasteiger partial charge is 0.342 e. The summed E-state index contributed by atoms with van der Waals surface area (Å²) in [7, 11) is 0. The number of aromatic nitrogens is 3. The molecule has 36 heavy (non-hydrogen) atoms. The predicted octanol–water partition coefficient (Wildman–Crippen LogP) is 4.08. The molecule has 0 aliphatic rings. The van der Waals surface area contributed by atoms with E-state index in [0.717, 1.165) is 5.75 Å². The Labute approximate surface area is 207 Å². The van der Waals surface area contributed by atoms with Gasteiger partial charge in [0, 0.05) is 11.9 Å². The lowest BCUT2D eigenvalue weighted by Gasteiger charge is -2.12. The first-order valence-corrected chi connectivity index (χ1v) is 11.0. The van der Waals surface area contributed by atoms with Gasteiger partial charge in [-0.2, -0.15) is 10.4 Å². The number of benzene rings is 2. The van der Waals surface area contributed by atoms with Crippen LogP contribution in [0.15, 0.2) is 79.1 Å². The molecule has 2 aromatic carbocycles. The molecule has 0 radical (unpaired) electrons. The summed E-state index contributed by atoms with van der Waals surface area (Å²) in [6.07, 6.45) is 2.89. The Morgan fingerprint density at radius 1 is 1.06 bits per heavy atom. The Hall–Kier alpha value is -5.17. The largest absolute Gasteiger partial charge is 0.494 e. The highest BCUT2D eigenvalue weighted by Crippen LogP contribution is 2.22. The number of anilines is 3. The molecule has 10 heteroatoms. The molecule has 0 fully saturated rings. The van der Waals surface area contributed by atoms with Crippen molar-refractivity contribution in [3.63, 3.8) is 0 Å². The van der Waals surface area contributed by atoms with Crippen LogP contribution < -0.4 is 15.4 Å². The Morgan fingerprint density at radius 2 is 1.83 bits per heavy atom. The Bertz CT molecular complexity index is 1390. The number of rotatable bonds is 9. The van der Waals surface area contributed by atoms with Crippen LogP contribution in [0.1, 0.15) is 22.8 Å². The molecule has 2 aromatic heterocycles. The maximum absolute atomic E-state index is 12.7. The molecule has 180 valence electrons. The van der Waals surface area contributed by atoms with Crippen LogP contribution in [0, 0.1) is 11.3 Å². The molecule has 4 aromatic rings. The van der Waals surface area contributed by atoms with Gasteiger partial charge in [0.25, 0.3) is 5.91 Å². The average Bonchev–Trinajstić information content (AvgIpc) is 3.31. The Morgan fingerprint density at radius 3 is 2.56 bits per heavy atom. The highest BCUT2D eigenvalue weighted by atomic mass is 16.5. The number of carbonyl (C=O) groups excluding carboxylic acids is 2. The summed E-state index contributed by atoms with van der Waals surface area (Å²) in [5.41, 5.74) is 1.69. The number of para-hydroxylation sites is 1. The molecule has 0 unspecified atom stereocenters. The third kappa shape index (κ3) is 5.66. The maximum atomic E-state index is 12.7. The van der Waals surface area contributed by atoms with E-state index in [0.29, 0.717) is 18.0 Å². The van der Waals surface area contributed by atoms with Crippen molar-refractivity contribution in [1.82, 2.24) is 14.8 Å². The molecule has 1 amide bonds. The van der Waals surface area contributed by atoms with E-state index < -0.39 is 18.5 Å². The van der Waals surface area contributed by atoms with Gasteiger partial charge in [0.05, 0.1) is 18.5 Å². The number of carbonyl (C=O) groups is 2. The molecule has 4 rings (SSSR count). The summed E-state index contributed by atoms with van der Waals surface area (Å²) in [5.74, 6) is -0.168. The van der Waals surface area contributed by atoms with E-state index in [2.05, 4.69) is 20.7 Å². The highest BCUT2D eigenvalue weighted by Gasteiger charge is 2.19. The summed E-state index contributed by atoms with van der Waals surface area (Å²) in [6, 6.07) is 21.3. The van der Waals surface area contributed by atoms with Crippen LogP contribution in [0.25, 0.3) is 5.69 Å². The normalized spacial score (nSPS) is 10.2. The zero-order valence-corrected chi connectivity index (χ0v) is 19.3.